The summed E-state index contributed by atoms with van der Waals surface area (Å²) in [5.74, 6) is 0. The van der Waals surface area contributed by atoms with E-state index in [9.17, 15) is 10.1 Å². The smallest absolute Gasteiger partial charge is 0.271 e. The Bertz CT molecular complexity index is 486. The molecule has 0 spiro atoms. The number of hydrogen-bond donors (Lipinski definition) is 1. The Labute approximate surface area is 111 Å². The number of hydrogen-bond acceptors (Lipinski definition) is 3. The molecule has 5 heteroatoms. The van der Waals surface area contributed by atoms with Crippen molar-refractivity contribution in [2.45, 2.75) is 25.7 Å². The number of rotatable bonds is 5. The second-order valence-electron chi connectivity index (χ2n) is 4.35. The molecule has 0 saturated carbocycles. The van der Waals surface area contributed by atoms with Crippen LogP contribution in [0.25, 0.3) is 0 Å². The van der Waals surface area contributed by atoms with Gasteiger partial charge in [0.2, 0.25) is 0 Å². The first-order valence-corrected chi connectivity index (χ1v) is 6.40. The summed E-state index contributed by atoms with van der Waals surface area (Å²) in [6.07, 6.45) is 6.93. The van der Waals surface area contributed by atoms with Crippen LogP contribution in [-0.4, -0.2) is 11.5 Å². The van der Waals surface area contributed by atoms with Crippen LogP contribution in [0.1, 0.15) is 25.7 Å². The third kappa shape index (κ3) is 3.23. The van der Waals surface area contributed by atoms with Gasteiger partial charge in [-0.15, -0.1) is 0 Å². The summed E-state index contributed by atoms with van der Waals surface area (Å²) in [5, 5.41) is 14.2. The predicted molar refractivity (Wildman–Crippen MR) is 73.1 cm³/mol. The maximum atomic E-state index is 10.6. The van der Waals surface area contributed by atoms with Gasteiger partial charge in [-0.2, -0.15) is 0 Å². The van der Waals surface area contributed by atoms with E-state index in [-0.39, 0.29) is 5.69 Å². The Morgan fingerprint density at radius 2 is 2.28 bits per heavy atom. The van der Waals surface area contributed by atoms with Crippen molar-refractivity contribution in [3.05, 3.63) is 45.0 Å². The molecule has 2 rings (SSSR count). The number of nitrogens with zero attached hydrogens (tertiary/aromatic N) is 1. The molecular weight excluding hydrogens is 252 g/mol. The average molecular weight is 267 g/mol. The summed E-state index contributed by atoms with van der Waals surface area (Å²) in [6, 6.07) is 4.49. The maximum absolute atomic E-state index is 10.6. The van der Waals surface area contributed by atoms with E-state index in [0.29, 0.717) is 5.02 Å². The van der Waals surface area contributed by atoms with Gasteiger partial charge < -0.3 is 5.32 Å². The Kier molecular flexibility index (Phi) is 4.20. The first-order chi connectivity index (χ1) is 8.66. The lowest BCUT2D eigenvalue weighted by Crippen LogP contribution is -2.03. The number of anilines is 1. The zero-order valence-electron chi connectivity index (χ0n) is 9.99. The second-order valence-corrected chi connectivity index (χ2v) is 4.76. The number of non-ortho nitro benzene ring substituents is 1. The van der Waals surface area contributed by atoms with Crippen molar-refractivity contribution >= 4 is 23.0 Å². The molecule has 18 heavy (non-hydrogen) atoms. The van der Waals surface area contributed by atoms with E-state index in [1.54, 1.807) is 6.07 Å². The lowest BCUT2D eigenvalue weighted by molar-refractivity contribution is -0.384. The van der Waals surface area contributed by atoms with Crippen molar-refractivity contribution < 1.29 is 4.92 Å². The fourth-order valence-corrected chi connectivity index (χ4v) is 2.32. The van der Waals surface area contributed by atoms with Crippen LogP contribution in [0.3, 0.4) is 0 Å². The highest BCUT2D eigenvalue weighted by molar-refractivity contribution is 6.33. The maximum Gasteiger partial charge on any atom is 0.271 e. The lowest BCUT2D eigenvalue weighted by Gasteiger charge is -2.08. The SMILES string of the molecule is O=[N+]([O-])c1ccc(NCCC2=CCCC2)c(Cl)c1. The topological polar surface area (TPSA) is 55.2 Å². The Balaban J connectivity index is 1.91. The molecule has 0 atom stereocenters. The van der Waals surface area contributed by atoms with Crippen molar-refractivity contribution in [3.8, 4) is 0 Å². The van der Waals surface area contributed by atoms with Crippen LogP contribution in [0.5, 0.6) is 0 Å². The monoisotopic (exact) mass is 266 g/mol. The zero-order valence-corrected chi connectivity index (χ0v) is 10.7. The summed E-state index contributed by atoms with van der Waals surface area (Å²) in [7, 11) is 0. The third-order valence-electron chi connectivity index (χ3n) is 3.06. The quantitative estimate of drug-likeness (QED) is 0.495. The predicted octanol–water partition coefficient (Wildman–Crippen LogP) is 4.16. The Morgan fingerprint density at radius 1 is 1.44 bits per heavy atom. The summed E-state index contributed by atoms with van der Waals surface area (Å²) < 4.78 is 0. The molecule has 0 amide bonds. The minimum absolute atomic E-state index is 0.0176. The molecule has 1 N–H and O–H groups in total. The number of benzene rings is 1. The molecule has 0 radical (unpaired) electrons. The number of nitrogens with one attached hydrogen (secondary N) is 1. The van der Waals surface area contributed by atoms with Crippen molar-refractivity contribution in [2.75, 3.05) is 11.9 Å². The fraction of sp³-hybridized carbons (Fsp3) is 0.385. The summed E-state index contributed by atoms with van der Waals surface area (Å²) in [6.45, 7) is 0.809. The summed E-state index contributed by atoms with van der Waals surface area (Å²) >= 11 is 5.99. The molecule has 96 valence electrons. The van der Waals surface area contributed by atoms with Crippen LogP contribution in [-0.2, 0) is 0 Å². The van der Waals surface area contributed by atoms with E-state index in [1.165, 1.54) is 37.0 Å². The average Bonchev–Trinajstić information content (AvgIpc) is 2.84. The molecule has 1 aromatic carbocycles. The molecular formula is C13H15ClN2O2. The van der Waals surface area contributed by atoms with Gasteiger partial charge in [-0.3, -0.25) is 10.1 Å². The van der Waals surface area contributed by atoms with Gasteiger partial charge in [-0.05, 0) is 31.7 Å². The van der Waals surface area contributed by atoms with Gasteiger partial charge >= 0.3 is 0 Å². The molecule has 0 saturated heterocycles. The van der Waals surface area contributed by atoms with Gasteiger partial charge in [0.25, 0.3) is 5.69 Å². The number of allylic oxidation sites excluding steroid dienone is 1. The van der Waals surface area contributed by atoms with E-state index in [1.807, 2.05) is 0 Å². The van der Waals surface area contributed by atoms with Crippen LogP contribution in [0, 0.1) is 10.1 Å². The standard InChI is InChI=1S/C13H15ClN2O2/c14-12-9-11(16(17)18)5-6-13(12)15-8-7-10-3-1-2-4-10/h3,5-6,9,15H,1-2,4,7-8H2. The molecule has 0 aliphatic heterocycles. The van der Waals surface area contributed by atoms with Crippen LogP contribution in [0.15, 0.2) is 29.8 Å². The number of nitro benzene ring substituents is 1. The number of nitro groups is 1. The van der Waals surface area contributed by atoms with Gasteiger partial charge in [0.05, 0.1) is 15.6 Å². The molecule has 0 fully saturated rings. The van der Waals surface area contributed by atoms with Crippen LogP contribution in [0.2, 0.25) is 5.02 Å². The third-order valence-corrected chi connectivity index (χ3v) is 3.37. The van der Waals surface area contributed by atoms with Crippen LogP contribution in [0.4, 0.5) is 11.4 Å². The zero-order chi connectivity index (χ0) is 13.0. The van der Waals surface area contributed by atoms with Gasteiger partial charge in [0.1, 0.15) is 0 Å². The van der Waals surface area contributed by atoms with Gasteiger partial charge in [0.15, 0.2) is 0 Å². The summed E-state index contributed by atoms with van der Waals surface area (Å²) in [4.78, 5) is 10.1. The molecule has 0 heterocycles. The molecule has 1 aliphatic rings. The minimum atomic E-state index is -0.445. The fourth-order valence-electron chi connectivity index (χ4n) is 2.08. The highest BCUT2D eigenvalue weighted by atomic mass is 35.5. The highest BCUT2D eigenvalue weighted by Crippen LogP contribution is 2.27. The minimum Gasteiger partial charge on any atom is -0.384 e. The highest BCUT2D eigenvalue weighted by Gasteiger charge is 2.09. The second kappa shape index (κ2) is 5.87. The molecule has 0 aromatic heterocycles. The van der Waals surface area contributed by atoms with Gasteiger partial charge in [-0.25, -0.2) is 0 Å². The van der Waals surface area contributed by atoms with Crippen molar-refractivity contribution in [1.29, 1.82) is 0 Å². The Morgan fingerprint density at radius 3 is 2.89 bits per heavy atom. The van der Waals surface area contributed by atoms with E-state index in [4.69, 9.17) is 11.6 Å². The molecule has 0 unspecified atom stereocenters. The van der Waals surface area contributed by atoms with E-state index < -0.39 is 4.92 Å². The largest absolute Gasteiger partial charge is 0.384 e. The first kappa shape index (κ1) is 12.9. The molecule has 1 aliphatic carbocycles. The molecule has 0 bridgehead atoms. The first-order valence-electron chi connectivity index (χ1n) is 6.02. The molecule has 4 nitrogen and oxygen atoms in total. The van der Waals surface area contributed by atoms with Crippen molar-refractivity contribution in [3.63, 3.8) is 0 Å². The molecule has 1 aromatic rings. The van der Waals surface area contributed by atoms with Crippen molar-refractivity contribution in [2.24, 2.45) is 0 Å². The number of halogens is 1. The van der Waals surface area contributed by atoms with E-state index in [2.05, 4.69) is 11.4 Å². The van der Waals surface area contributed by atoms with Crippen molar-refractivity contribution in [1.82, 2.24) is 0 Å². The van der Waals surface area contributed by atoms with E-state index in [0.717, 1.165) is 18.7 Å². The van der Waals surface area contributed by atoms with Gasteiger partial charge in [-0.1, -0.05) is 23.3 Å². The van der Waals surface area contributed by atoms with E-state index >= 15 is 0 Å². The lowest BCUT2D eigenvalue weighted by atomic mass is 10.1. The summed E-state index contributed by atoms with van der Waals surface area (Å²) in [5.41, 5.74) is 2.26. The normalized spacial score (nSPS) is 14.4. The Hall–Kier alpha value is -1.55. The van der Waals surface area contributed by atoms with Crippen LogP contribution < -0.4 is 5.32 Å². The van der Waals surface area contributed by atoms with Crippen LogP contribution >= 0.6 is 11.6 Å². The van der Waals surface area contributed by atoms with Gasteiger partial charge in [0, 0.05) is 18.7 Å².